The van der Waals surface area contributed by atoms with Gasteiger partial charge in [0, 0.05) is 32.2 Å². The zero-order valence-corrected chi connectivity index (χ0v) is 13.7. The highest BCUT2D eigenvalue weighted by molar-refractivity contribution is 5.47. The highest BCUT2D eigenvalue weighted by Gasteiger charge is 2.03. The molecule has 1 aromatic heterocycles. The first-order valence-corrected chi connectivity index (χ1v) is 8.23. The molecule has 5 heteroatoms. The molecule has 0 atom stereocenters. The number of anilines is 2. The van der Waals surface area contributed by atoms with E-state index < -0.39 is 0 Å². The van der Waals surface area contributed by atoms with Gasteiger partial charge in [-0.2, -0.15) is 0 Å². The summed E-state index contributed by atoms with van der Waals surface area (Å²) in [5.74, 6) is 2.68. The zero-order chi connectivity index (χ0) is 15.3. The summed E-state index contributed by atoms with van der Waals surface area (Å²) in [5.41, 5.74) is 0. The summed E-state index contributed by atoms with van der Waals surface area (Å²) in [6.07, 6.45) is 5.34. The van der Waals surface area contributed by atoms with E-state index in [4.69, 9.17) is 4.74 Å². The fraction of sp³-hybridized carbons (Fsp3) is 0.750. The van der Waals surface area contributed by atoms with Crippen molar-refractivity contribution in [2.75, 3.05) is 36.9 Å². The van der Waals surface area contributed by atoms with E-state index in [-0.39, 0.29) is 0 Å². The van der Waals surface area contributed by atoms with Crippen LogP contribution in [0.1, 0.15) is 52.3 Å². The number of ether oxygens (including phenoxy) is 1. The minimum atomic E-state index is 0.713. The standard InChI is InChI=1S/C16H30N4O/c1-4-7-11-21-12-10-18-16-13-15(17-9-6-3)19-14(20-16)8-5-2/h13H,4-12H2,1-3H3,(H2,17,18,19,20). The van der Waals surface area contributed by atoms with Crippen LogP contribution >= 0.6 is 0 Å². The lowest BCUT2D eigenvalue weighted by Gasteiger charge is -2.11. The number of nitrogens with one attached hydrogen (secondary N) is 2. The zero-order valence-electron chi connectivity index (χ0n) is 13.7. The normalized spacial score (nSPS) is 10.6. The molecule has 5 nitrogen and oxygen atoms in total. The third-order valence-corrected chi connectivity index (χ3v) is 3.00. The fourth-order valence-corrected chi connectivity index (χ4v) is 1.87. The van der Waals surface area contributed by atoms with E-state index in [1.54, 1.807) is 0 Å². The van der Waals surface area contributed by atoms with Gasteiger partial charge >= 0.3 is 0 Å². The molecular formula is C16H30N4O. The van der Waals surface area contributed by atoms with Gasteiger partial charge in [0.05, 0.1) is 6.61 Å². The van der Waals surface area contributed by atoms with Gasteiger partial charge in [0.15, 0.2) is 0 Å². The molecule has 1 aromatic rings. The molecule has 0 fully saturated rings. The Morgan fingerprint density at radius 2 is 1.62 bits per heavy atom. The van der Waals surface area contributed by atoms with Crippen LogP contribution in [0.4, 0.5) is 11.6 Å². The smallest absolute Gasteiger partial charge is 0.133 e. The first kappa shape index (κ1) is 17.7. The molecule has 0 unspecified atom stereocenters. The van der Waals surface area contributed by atoms with Crippen LogP contribution in [0.25, 0.3) is 0 Å². The van der Waals surface area contributed by atoms with Gasteiger partial charge in [-0.05, 0) is 19.3 Å². The van der Waals surface area contributed by atoms with E-state index in [9.17, 15) is 0 Å². The predicted octanol–water partition coefficient (Wildman–Crippen LogP) is 3.48. The molecule has 0 aliphatic heterocycles. The molecule has 21 heavy (non-hydrogen) atoms. The Morgan fingerprint density at radius 1 is 0.905 bits per heavy atom. The Hall–Kier alpha value is -1.36. The lowest BCUT2D eigenvalue weighted by Crippen LogP contribution is -2.13. The molecule has 0 saturated carbocycles. The van der Waals surface area contributed by atoms with Crippen LogP contribution in [0.15, 0.2) is 6.07 Å². The summed E-state index contributed by atoms with van der Waals surface area (Å²) in [6.45, 7) is 9.72. The number of unbranched alkanes of at least 4 members (excludes halogenated alkanes) is 1. The molecule has 0 radical (unpaired) electrons. The van der Waals surface area contributed by atoms with Gasteiger partial charge in [0.2, 0.25) is 0 Å². The third kappa shape index (κ3) is 7.85. The van der Waals surface area contributed by atoms with Crippen LogP contribution in [0, 0.1) is 0 Å². The first-order valence-electron chi connectivity index (χ1n) is 8.23. The lowest BCUT2D eigenvalue weighted by molar-refractivity contribution is 0.141. The van der Waals surface area contributed by atoms with Crippen molar-refractivity contribution >= 4 is 11.6 Å². The molecule has 1 rings (SSSR count). The molecular weight excluding hydrogens is 264 g/mol. The largest absolute Gasteiger partial charge is 0.380 e. The Bertz CT molecular complexity index is 385. The fourth-order valence-electron chi connectivity index (χ4n) is 1.87. The molecule has 0 aromatic carbocycles. The number of hydrogen-bond donors (Lipinski definition) is 2. The third-order valence-electron chi connectivity index (χ3n) is 3.00. The Morgan fingerprint density at radius 3 is 2.24 bits per heavy atom. The SMILES string of the molecule is CCCCOCCNc1cc(NCCC)nc(CCC)n1. The summed E-state index contributed by atoms with van der Waals surface area (Å²) in [6, 6.07) is 1.97. The van der Waals surface area contributed by atoms with Gasteiger partial charge in [-0.1, -0.05) is 27.2 Å². The number of rotatable bonds is 12. The highest BCUT2D eigenvalue weighted by Crippen LogP contribution is 2.12. The van der Waals surface area contributed by atoms with E-state index in [2.05, 4.69) is 41.4 Å². The van der Waals surface area contributed by atoms with E-state index in [1.807, 2.05) is 6.07 Å². The van der Waals surface area contributed by atoms with Crippen LogP contribution in [0.5, 0.6) is 0 Å². The second kappa shape index (κ2) is 11.3. The molecule has 0 saturated heterocycles. The van der Waals surface area contributed by atoms with Crippen molar-refractivity contribution in [2.45, 2.75) is 52.9 Å². The highest BCUT2D eigenvalue weighted by atomic mass is 16.5. The number of aryl methyl sites for hydroxylation is 1. The van der Waals surface area contributed by atoms with Crippen LogP contribution < -0.4 is 10.6 Å². The molecule has 0 aliphatic rings. The second-order valence-corrected chi connectivity index (χ2v) is 5.12. The predicted molar refractivity (Wildman–Crippen MR) is 89.0 cm³/mol. The van der Waals surface area contributed by atoms with Crippen LogP contribution in [0.2, 0.25) is 0 Å². The molecule has 120 valence electrons. The van der Waals surface area contributed by atoms with Gasteiger partial charge in [-0.15, -0.1) is 0 Å². The molecule has 0 spiro atoms. The summed E-state index contributed by atoms with van der Waals surface area (Å²) < 4.78 is 5.55. The van der Waals surface area contributed by atoms with Crippen LogP contribution in [-0.4, -0.2) is 36.3 Å². The summed E-state index contributed by atoms with van der Waals surface area (Å²) >= 11 is 0. The van der Waals surface area contributed by atoms with Crippen molar-refractivity contribution in [1.29, 1.82) is 0 Å². The van der Waals surface area contributed by atoms with Crippen molar-refractivity contribution in [2.24, 2.45) is 0 Å². The van der Waals surface area contributed by atoms with Crippen molar-refractivity contribution in [1.82, 2.24) is 9.97 Å². The number of aromatic nitrogens is 2. The van der Waals surface area contributed by atoms with Crippen molar-refractivity contribution in [3.63, 3.8) is 0 Å². The van der Waals surface area contributed by atoms with E-state index in [0.717, 1.165) is 62.8 Å². The minimum absolute atomic E-state index is 0.713. The monoisotopic (exact) mass is 294 g/mol. The van der Waals surface area contributed by atoms with Gasteiger partial charge in [-0.25, -0.2) is 9.97 Å². The quantitative estimate of drug-likeness (QED) is 0.578. The minimum Gasteiger partial charge on any atom is -0.380 e. The summed E-state index contributed by atoms with van der Waals surface area (Å²) in [4.78, 5) is 9.08. The molecule has 2 N–H and O–H groups in total. The Labute approximate surface area is 128 Å². The summed E-state index contributed by atoms with van der Waals surface area (Å²) in [5, 5.41) is 6.65. The van der Waals surface area contributed by atoms with E-state index >= 15 is 0 Å². The average molecular weight is 294 g/mol. The second-order valence-electron chi connectivity index (χ2n) is 5.12. The Kier molecular flexibility index (Phi) is 9.53. The Balaban J connectivity index is 2.48. The molecule has 1 heterocycles. The maximum absolute atomic E-state index is 5.55. The molecule has 0 bridgehead atoms. The van der Waals surface area contributed by atoms with Gasteiger partial charge in [0.1, 0.15) is 17.5 Å². The topological polar surface area (TPSA) is 59.1 Å². The van der Waals surface area contributed by atoms with Crippen molar-refractivity contribution in [3.8, 4) is 0 Å². The molecule has 0 amide bonds. The number of hydrogen-bond acceptors (Lipinski definition) is 5. The van der Waals surface area contributed by atoms with Gasteiger partial charge in [-0.3, -0.25) is 0 Å². The van der Waals surface area contributed by atoms with Crippen molar-refractivity contribution in [3.05, 3.63) is 11.9 Å². The van der Waals surface area contributed by atoms with Crippen molar-refractivity contribution < 1.29 is 4.74 Å². The van der Waals surface area contributed by atoms with Gasteiger partial charge < -0.3 is 15.4 Å². The number of nitrogens with zero attached hydrogens (tertiary/aromatic N) is 2. The van der Waals surface area contributed by atoms with Crippen LogP contribution in [0.3, 0.4) is 0 Å². The lowest BCUT2D eigenvalue weighted by atomic mass is 10.3. The maximum atomic E-state index is 5.55. The summed E-state index contributed by atoms with van der Waals surface area (Å²) in [7, 11) is 0. The first-order chi connectivity index (χ1) is 10.3. The van der Waals surface area contributed by atoms with Gasteiger partial charge in [0.25, 0.3) is 0 Å². The van der Waals surface area contributed by atoms with E-state index in [1.165, 1.54) is 6.42 Å². The van der Waals surface area contributed by atoms with E-state index in [0.29, 0.717) is 6.61 Å². The van der Waals surface area contributed by atoms with Crippen LogP contribution in [-0.2, 0) is 11.2 Å². The average Bonchev–Trinajstić information content (AvgIpc) is 2.49. The maximum Gasteiger partial charge on any atom is 0.133 e. The molecule has 0 aliphatic carbocycles.